The number of carbonyl (C=O) groups excluding carboxylic acids is 1. The minimum absolute atomic E-state index is 0.114. The number of halogens is 1. The summed E-state index contributed by atoms with van der Waals surface area (Å²) in [6, 6.07) is 17.3. The molecule has 0 fully saturated rings. The topological polar surface area (TPSA) is 48.0 Å². The fourth-order valence-corrected chi connectivity index (χ4v) is 4.55. The van der Waals surface area contributed by atoms with Crippen LogP contribution >= 0.6 is 11.6 Å². The number of para-hydroxylation sites is 1. The molecule has 0 amide bonds. The molecule has 3 aromatic carbocycles. The number of carbonyl (C=O) groups is 1. The summed E-state index contributed by atoms with van der Waals surface area (Å²) in [5.41, 5.74) is 4.34. The van der Waals surface area contributed by atoms with E-state index in [1.165, 1.54) is 0 Å². The van der Waals surface area contributed by atoms with Crippen molar-refractivity contribution in [3.63, 3.8) is 0 Å². The number of ether oxygens (including phenoxy) is 3. The Morgan fingerprint density at radius 2 is 2.00 bits per heavy atom. The molecule has 0 aliphatic carbocycles. The molecule has 5 nitrogen and oxygen atoms in total. The predicted molar refractivity (Wildman–Crippen MR) is 128 cm³/mol. The maximum absolute atomic E-state index is 13.2. The summed E-state index contributed by atoms with van der Waals surface area (Å²) in [7, 11) is 1.69. The second kappa shape index (κ2) is 8.93. The molecule has 0 bridgehead atoms. The lowest BCUT2D eigenvalue weighted by Gasteiger charge is -2.30. The first-order chi connectivity index (χ1) is 16.0. The number of nitrogens with zero attached hydrogens (tertiary/aromatic N) is 1. The first kappa shape index (κ1) is 21.6. The van der Waals surface area contributed by atoms with Crippen molar-refractivity contribution in [1.29, 1.82) is 0 Å². The summed E-state index contributed by atoms with van der Waals surface area (Å²) >= 11 is 6.10. The van der Waals surface area contributed by atoms with E-state index in [9.17, 15) is 4.79 Å². The SMILES string of the molecule is COc1ccccc1CCN1COc2cc(C)c3c(c2C1)O/C(=C\c1cccc(Cl)c1)C3=O. The Balaban J connectivity index is 1.40. The van der Waals surface area contributed by atoms with Gasteiger partial charge in [0.15, 0.2) is 5.76 Å². The van der Waals surface area contributed by atoms with Gasteiger partial charge in [-0.2, -0.15) is 0 Å². The van der Waals surface area contributed by atoms with Crippen LogP contribution in [0.1, 0.15) is 32.6 Å². The summed E-state index contributed by atoms with van der Waals surface area (Å²) in [6.45, 7) is 3.84. The zero-order valence-corrected chi connectivity index (χ0v) is 19.3. The van der Waals surface area contributed by atoms with Crippen molar-refractivity contribution in [3.8, 4) is 17.2 Å². The largest absolute Gasteiger partial charge is 0.496 e. The quantitative estimate of drug-likeness (QED) is 0.458. The van der Waals surface area contributed by atoms with Gasteiger partial charge in [-0.05, 0) is 60.4 Å². The molecule has 168 valence electrons. The zero-order valence-electron chi connectivity index (χ0n) is 18.6. The van der Waals surface area contributed by atoms with Gasteiger partial charge in [-0.3, -0.25) is 9.69 Å². The molecule has 0 aromatic heterocycles. The number of aryl methyl sites for hydroxylation is 1. The molecule has 5 rings (SSSR count). The molecule has 0 N–H and O–H groups in total. The van der Waals surface area contributed by atoms with Gasteiger partial charge in [-0.15, -0.1) is 0 Å². The number of allylic oxidation sites excluding steroid dienone is 1. The average molecular weight is 462 g/mol. The van der Waals surface area contributed by atoms with Crippen LogP contribution in [0.4, 0.5) is 0 Å². The molecule has 3 aromatic rings. The van der Waals surface area contributed by atoms with Gasteiger partial charge in [0.05, 0.1) is 18.2 Å². The molecule has 2 heterocycles. The Morgan fingerprint density at radius 1 is 1.15 bits per heavy atom. The number of benzene rings is 3. The number of Topliss-reactive ketones (excluding diaryl/α,β-unsaturated/α-hetero) is 1. The van der Waals surface area contributed by atoms with Gasteiger partial charge in [0.25, 0.3) is 0 Å². The number of ketones is 1. The highest BCUT2D eigenvalue weighted by molar-refractivity contribution is 6.30. The van der Waals surface area contributed by atoms with E-state index in [2.05, 4.69) is 11.0 Å². The van der Waals surface area contributed by atoms with Crippen molar-refractivity contribution in [1.82, 2.24) is 4.90 Å². The van der Waals surface area contributed by atoms with Crippen molar-refractivity contribution in [2.24, 2.45) is 0 Å². The van der Waals surface area contributed by atoms with Crippen molar-refractivity contribution < 1.29 is 19.0 Å². The third-order valence-corrected chi connectivity index (χ3v) is 6.26. The molecule has 0 saturated heterocycles. The summed E-state index contributed by atoms with van der Waals surface area (Å²) in [4.78, 5) is 15.4. The molecule has 2 aliphatic heterocycles. The molecule has 0 spiro atoms. The minimum atomic E-state index is -0.114. The smallest absolute Gasteiger partial charge is 0.232 e. The van der Waals surface area contributed by atoms with Crippen LogP contribution < -0.4 is 14.2 Å². The highest BCUT2D eigenvalue weighted by Crippen LogP contribution is 2.44. The highest BCUT2D eigenvalue weighted by atomic mass is 35.5. The van der Waals surface area contributed by atoms with E-state index >= 15 is 0 Å². The third-order valence-electron chi connectivity index (χ3n) is 6.02. The monoisotopic (exact) mass is 461 g/mol. The lowest BCUT2D eigenvalue weighted by molar-refractivity contribution is 0.0947. The van der Waals surface area contributed by atoms with Crippen LogP contribution in [0, 0.1) is 6.92 Å². The molecule has 0 atom stereocenters. The van der Waals surface area contributed by atoms with Gasteiger partial charge >= 0.3 is 0 Å². The van der Waals surface area contributed by atoms with Crippen molar-refractivity contribution in [2.75, 3.05) is 20.4 Å². The predicted octanol–water partition coefficient (Wildman–Crippen LogP) is 5.67. The van der Waals surface area contributed by atoms with Crippen LogP contribution in [0.15, 0.2) is 60.4 Å². The Labute approximate surface area is 198 Å². The number of rotatable bonds is 5. The van der Waals surface area contributed by atoms with Gasteiger partial charge in [0.2, 0.25) is 5.78 Å². The Morgan fingerprint density at radius 3 is 2.82 bits per heavy atom. The van der Waals surface area contributed by atoms with E-state index in [0.29, 0.717) is 35.4 Å². The van der Waals surface area contributed by atoms with E-state index < -0.39 is 0 Å². The highest BCUT2D eigenvalue weighted by Gasteiger charge is 2.35. The normalized spacial score (nSPS) is 16.2. The average Bonchev–Trinajstić information content (AvgIpc) is 3.15. The van der Waals surface area contributed by atoms with Gasteiger partial charge in [0, 0.05) is 18.1 Å². The molecule has 2 aliphatic rings. The van der Waals surface area contributed by atoms with Crippen LogP contribution in [-0.4, -0.2) is 31.1 Å². The van der Waals surface area contributed by atoms with Crippen molar-refractivity contribution in [2.45, 2.75) is 19.9 Å². The van der Waals surface area contributed by atoms with Crippen LogP contribution in [0.3, 0.4) is 0 Å². The van der Waals surface area contributed by atoms with Gasteiger partial charge in [-0.1, -0.05) is 41.9 Å². The summed E-state index contributed by atoms with van der Waals surface area (Å²) < 4.78 is 17.7. The first-order valence-electron chi connectivity index (χ1n) is 10.9. The van der Waals surface area contributed by atoms with E-state index in [-0.39, 0.29) is 5.78 Å². The maximum Gasteiger partial charge on any atom is 0.232 e. The summed E-state index contributed by atoms with van der Waals surface area (Å²) in [5.74, 6) is 2.45. The number of methoxy groups -OCH3 is 1. The first-order valence-corrected chi connectivity index (χ1v) is 11.2. The molecular weight excluding hydrogens is 438 g/mol. The Kier molecular flexibility index (Phi) is 5.83. The van der Waals surface area contributed by atoms with E-state index in [1.54, 1.807) is 25.3 Å². The Bertz CT molecular complexity index is 1270. The fraction of sp³-hybridized carbons (Fsp3) is 0.222. The van der Waals surface area contributed by atoms with Crippen LogP contribution in [0.25, 0.3) is 6.08 Å². The molecule has 0 saturated carbocycles. The molecule has 33 heavy (non-hydrogen) atoms. The third kappa shape index (κ3) is 4.22. The molecular formula is C27H24ClNO4. The van der Waals surface area contributed by atoms with Crippen LogP contribution in [0.2, 0.25) is 5.02 Å². The standard InChI is InChI=1S/C27H24ClNO4/c1-17-12-23-21(15-29(16-32-23)11-10-19-7-3-4-9-22(19)31-2)27-25(17)26(30)24(33-27)14-18-6-5-8-20(28)13-18/h3-9,12-14H,10-11,15-16H2,1-2H3/b24-14-. The number of hydrogen-bond donors (Lipinski definition) is 0. The summed E-state index contributed by atoms with van der Waals surface area (Å²) in [5, 5.41) is 0.611. The van der Waals surface area contributed by atoms with Crippen molar-refractivity contribution in [3.05, 3.63) is 93.2 Å². The van der Waals surface area contributed by atoms with Gasteiger partial charge < -0.3 is 14.2 Å². The van der Waals surface area contributed by atoms with E-state index in [0.717, 1.165) is 46.7 Å². The van der Waals surface area contributed by atoms with Crippen LogP contribution in [0.5, 0.6) is 17.2 Å². The second-order valence-corrected chi connectivity index (χ2v) is 8.69. The second-order valence-electron chi connectivity index (χ2n) is 8.26. The number of hydrogen-bond acceptors (Lipinski definition) is 5. The minimum Gasteiger partial charge on any atom is -0.496 e. The van der Waals surface area contributed by atoms with Gasteiger partial charge in [0.1, 0.15) is 24.0 Å². The van der Waals surface area contributed by atoms with E-state index in [4.69, 9.17) is 25.8 Å². The molecule has 6 heteroatoms. The molecule has 0 radical (unpaired) electrons. The Hall–Kier alpha value is -3.28. The molecule has 0 unspecified atom stereocenters. The fourth-order valence-electron chi connectivity index (χ4n) is 4.36. The van der Waals surface area contributed by atoms with Gasteiger partial charge in [-0.25, -0.2) is 0 Å². The zero-order chi connectivity index (χ0) is 22.9. The van der Waals surface area contributed by atoms with Crippen LogP contribution in [-0.2, 0) is 13.0 Å². The lowest BCUT2D eigenvalue weighted by Crippen LogP contribution is -2.34. The summed E-state index contributed by atoms with van der Waals surface area (Å²) in [6.07, 6.45) is 2.57. The maximum atomic E-state index is 13.2. The lowest BCUT2D eigenvalue weighted by atomic mass is 9.98. The number of fused-ring (bicyclic) bond motifs is 3. The van der Waals surface area contributed by atoms with E-state index in [1.807, 2.05) is 43.3 Å². The van der Waals surface area contributed by atoms with Crippen molar-refractivity contribution >= 4 is 23.5 Å².